The topological polar surface area (TPSA) is 58.2 Å². The van der Waals surface area contributed by atoms with E-state index in [9.17, 15) is 14.0 Å². The second-order valence-electron chi connectivity index (χ2n) is 4.42. The van der Waals surface area contributed by atoms with Crippen molar-refractivity contribution < 1.29 is 14.0 Å². The van der Waals surface area contributed by atoms with Crippen LogP contribution >= 0.6 is 11.6 Å². The molecule has 2 N–H and O–H groups in total. The van der Waals surface area contributed by atoms with E-state index in [1.54, 1.807) is 0 Å². The number of benzene rings is 1. The van der Waals surface area contributed by atoms with Crippen molar-refractivity contribution in [3.05, 3.63) is 34.6 Å². The Kier molecular flexibility index (Phi) is 4.37. The molecular formula is C13H14ClFN2O2. The fourth-order valence-electron chi connectivity index (χ4n) is 1.65. The van der Waals surface area contributed by atoms with Crippen molar-refractivity contribution in [2.45, 2.75) is 12.8 Å². The summed E-state index contributed by atoms with van der Waals surface area (Å²) in [4.78, 5) is 23.1. The molecule has 0 spiro atoms. The highest BCUT2D eigenvalue weighted by atomic mass is 35.5. The average molecular weight is 285 g/mol. The van der Waals surface area contributed by atoms with Gasteiger partial charge in [-0.2, -0.15) is 0 Å². The lowest BCUT2D eigenvalue weighted by molar-refractivity contribution is -0.122. The summed E-state index contributed by atoms with van der Waals surface area (Å²) in [7, 11) is 0. The van der Waals surface area contributed by atoms with Crippen molar-refractivity contribution in [2.75, 3.05) is 13.1 Å². The van der Waals surface area contributed by atoms with Crippen LogP contribution in [0.15, 0.2) is 18.2 Å². The van der Waals surface area contributed by atoms with Crippen LogP contribution in [0.5, 0.6) is 0 Å². The summed E-state index contributed by atoms with van der Waals surface area (Å²) in [5, 5.41) is 5.29. The third kappa shape index (κ3) is 3.67. The van der Waals surface area contributed by atoms with Crippen LogP contribution in [0, 0.1) is 11.7 Å². The number of carbonyl (C=O) groups excluding carboxylic acids is 2. The molecule has 4 nitrogen and oxygen atoms in total. The van der Waals surface area contributed by atoms with Gasteiger partial charge >= 0.3 is 0 Å². The summed E-state index contributed by atoms with van der Waals surface area (Å²) >= 11 is 5.77. The normalized spacial score (nSPS) is 14.0. The predicted octanol–water partition coefficient (Wildman–Crippen LogP) is 1.74. The highest BCUT2D eigenvalue weighted by Gasteiger charge is 2.29. The Morgan fingerprint density at radius 2 is 1.95 bits per heavy atom. The van der Waals surface area contributed by atoms with Crippen LogP contribution in [0.2, 0.25) is 5.02 Å². The molecule has 0 saturated heterocycles. The van der Waals surface area contributed by atoms with E-state index >= 15 is 0 Å². The molecule has 2 amide bonds. The lowest BCUT2D eigenvalue weighted by Crippen LogP contribution is -2.35. The zero-order chi connectivity index (χ0) is 13.8. The number of rotatable bonds is 5. The van der Waals surface area contributed by atoms with Crippen molar-refractivity contribution in [3.63, 3.8) is 0 Å². The van der Waals surface area contributed by atoms with Crippen molar-refractivity contribution in [1.82, 2.24) is 10.6 Å². The lowest BCUT2D eigenvalue weighted by Gasteiger charge is -2.08. The van der Waals surface area contributed by atoms with Crippen LogP contribution in [0.25, 0.3) is 0 Å². The van der Waals surface area contributed by atoms with Crippen LogP contribution < -0.4 is 10.6 Å². The number of amides is 2. The quantitative estimate of drug-likeness (QED) is 0.809. The van der Waals surface area contributed by atoms with Crippen LogP contribution in [-0.4, -0.2) is 24.9 Å². The van der Waals surface area contributed by atoms with Gasteiger partial charge < -0.3 is 10.6 Å². The molecule has 1 fully saturated rings. The van der Waals surface area contributed by atoms with Crippen LogP contribution in [0.4, 0.5) is 4.39 Å². The molecule has 19 heavy (non-hydrogen) atoms. The average Bonchev–Trinajstić information content (AvgIpc) is 3.18. The molecule has 1 aromatic carbocycles. The van der Waals surface area contributed by atoms with Gasteiger partial charge in [0.05, 0.1) is 10.6 Å². The Hall–Kier alpha value is -1.62. The van der Waals surface area contributed by atoms with Crippen molar-refractivity contribution in [1.29, 1.82) is 0 Å². The third-order valence-electron chi connectivity index (χ3n) is 2.85. The van der Waals surface area contributed by atoms with Gasteiger partial charge in [0.2, 0.25) is 5.91 Å². The number of carbonyl (C=O) groups is 2. The van der Waals surface area contributed by atoms with E-state index in [4.69, 9.17) is 11.6 Å². The molecular weight excluding hydrogens is 271 g/mol. The van der Waals surface area contributed by atoms with Gasteiger partial charge in [0, 0.05) is 19.0 Å². The van der Waals surface area contributed by atoms with Crippen LogP contribution in [-0.2, 0) is 4.79 Å². The fourth-order valence-corrected chi connectivity index (χ4v) is 1.90. The predicted molar refractivity (Wildman–Crippen MR) is 69.5 cm³/mol. The standard InChI is InChI=1S/C13H14ClFN2O2/c14-9-2-1-3-10(15)11(9)13(19)17-7-6-16-12(18)8-4-5-8/h1-3,8H,4-7H2,(H,16,18)(H,17,19). The first-order valence-electron chi connectivity index (χ1n) is 6.09. The van der Waals surface area contributed by atoms with Crippen molar-refractivity contribution in [2.24, 2.45) is 5.92 Å². The molecule has 0 unspecified atom stereocenters. The molecule has 0 atom stereocenters. The van der Waals surface area contributed by atoms with Gasteiger partial charge in [0.25, 0.3) is 5.91 Å². The SMILES string of the molecule is O=C(NCCNC(=O)C1CC1)c1c(F)cccc1Cl. The monoisotopic (exact) mass is 284 g/mol. The Labute approximate surface area is 115 Å². The van der Waals surface area contributed by atoms with Gasteiger partial charge in [0.15, 0.2) is 0 Å². The molecule has 6 heteroatoms. The highest BCUT2D eigenvalue weighted by Crippen LogP contribution is 2.28. The zero-order valence-corrected chi connectivity index (χ0v) is 11.0. The smallest absolute Gasteiger partial charge is 0.255 e. The number of hydrogen-bond acceptors (Lipinski definition) is 2. The highest BCUT2D eigenvalue weighted by molar-refractivity contribution is 6.33. The summed E-state index contributed by atoms with van der Waals surface area (Å²) in [6.45, 7) is 0.565. The Balaban J connectivity index is 1.79. The summed E-state index contributed by atoms with van der Waals surface area (Å²) in [5.41, 5.74) is -0.169. The summed E-state index contributed by atoms with van der Waals surface area (Å²) in [6.07, 6.45) is 1.87. The Morgan fingerprint density at radius 1 is 1.26 bits per heavy atom. The van der Waals surface area contributed by atoms with E-state index in [-0.39, 0.29) is 29.0 Å². The number of halogens is 2. The number of nitrogens with one attached hydrogen (secondary N) is 2. The minimum atomic E-state index is -0.660. The lowest BCUT2D eigenvalue weighted by atomic mass is 10.2. The first kappa shape index (κ1) is 13.8. The fraction of sp³-hybridized carbons (Fsp3) is 0.385. The van der Waals surface area contributed by atoms with Crippen LogP contribution in [0.1, 0.15) is 23.2 Å². The molecule has 2 rings (SSSR count). The van der Waals surface area contributed by atoms with Gasteiger partial charge in [0.1, 0.15) is 5.82 Å². The Morgan fingerprint density at radius 3 is 2.58 bits per heavy atom. The van der Waals surface area contributed by atoms with E-state index in [1.807, 2.05) is 0 Å². The van der Waals surface area contributed by atoms with Gasteiger partial charge in [-0.25, -0.2) is 4.39 Å². The van der Waals surface area contributed by atoms with E-state index in [2.05, 4.69) is 10.6 Å². The van der Waals surface area contributed by atoms with Gasteiger partial charge in [-0.1, -0.05) is 17.7 Å². The van der Waals surface area contributed by atoms with E-state index < -0.39 is 11.7 Å². The van der Waals surface area contributed by atoms with Gasteiger partial charge in [-0.05, 0) is 25.0 Å². The summed E-state index contributed by atoms with van der Waals surface area (Å²) in [6, 6.07) is 4.06. The third-order valence-corrected chi connectivity index (χ3v) is 3.16. The van der Waals surface area contributed by atoms with Crippen molar-refractivity contribution in [3.8, 4) is 0 Å². The van der Waals surface area contributed by atoms with Crippen LogP contribution in [0.3, 0.4) is 0 Å². The summed E-state index contributed by atoms with van der Waals surface area (Å²) < 4.78 is 13.4. The first-order chi connectivity index (χ1) is 9.09. The molecule has 102 valence electrons. The minimum Gasteiger partial charge on any atom is -0.354 e. The second kappa shape index (κ2) is 6.02. The molecule has 1 aliphatic rings. The van der Waals surface area contributed by atoms with E-state index in [0.717, 1.165) is 12.8 Å². The minimum absolute atomic E-state index is 0.0122. The summed E-state index contributed by atoms with van der Waals surface area (Å²) in [5.74, 6) is -1.09. The molecule has 1 aromatic rings. The molecule has 0 heterocycles. The van der Waals surface area contributed by atoms with E-state index in [1.165, 1.54) is 18.2 Å². The molecule has 0 aromatic heterocycles. The largest absolute Gasteiger partial charge is 0.354 e. The van der Waals surface area contributed by atoms with Crippen molar-refractivity contribution >= 4 is 23.4 Å². The molecule has 1 aliphatic carbocycles. The zero-order valence-electron chi connectivity index (χ0n) is 10.2. The van der Waals surface area contributed by atoms with E-state index in [0.29, 0.717) is 6.54 Å². The van der Waals surface area contributed by atoms with Gasteiger partial charge in [-0.15, -0.1) is 0 Å². The molecule has 0 radical (unpaired) electrons. The number of hydrogen-bond donors (Lipinski definition) is 2. The maximum absolute atomic E-state index is 13.4. The Bertz CT molecular complexity index is 483. The maximum Gasteiger partial charge on any atom is 0.255 e. The molecule has 0 bridgehead atoms. The first-order valence-corrected chi connectivity index (χ1v) is 6.47. The second-order valence-corrected chi connectivity index (χ2v) is 4.83. The maximum atomic E-state index is 13.4. The molecule has 0 aliphatic heterocycles. The molecule has 1 saturated carbocycles. The van der Waals surface area contributed by atoms with Gasteiger partial charge in [-0.3, -0.25) is 9.59 Å².